The lowest BCUT2D eigenvalue weighted by Gasteiger charge is -2.11. The van der Waals surface area contributed by atoms with Gasteiger partial charge in [-0.2, -0.15) is 0 Å². The van der Waals surface area contributed by atoms with Gasteiger partial charge in [-0.3, -0.25) is 14.4 Å². The van der Waals surface area contributed by atoms with Crippen LogP contribution in [0.25, 0.3) is 0 Å². The fourth-order valence-electron chi connectivity index (χ4n) is 5.79. The summed E-state index contributed by atoms with van der Waals surface area (Å²) in [4.78, 5) is 36.4. The molecule has 48 heavy (non-hydrogen) atoms. The molecule has 0 atom stereocenters. The van der Waals surface area contributed by atoms with E-state index in [0.29, 0.717) is 24.7 Å². The maximum Gasteiger partial charge on any atom is 0.311 e. The highest BCUT2D eigenvalue weighted by molar-refractivity contribution is 5.80. The molecular formula is C43H70O5. The molecule has 0 N–H and O–H groups in total. The third-order valence-corrected chi connectivity index (χ3v) is 8.84. The number of aldehydes is 1. The molecule has 272 valence electrons. The number of carbonyl (C=O) groups is 3. The predicted molar refractivity (Wildman–Crippen MR) is 202 cm³/mol. The fourth-order valence-corrected chi connectivity index (χ4v) is 5.79. The predicted octanol–water partition coefficient (Wildman–Crippen LogP) is 13.4. The minimum absolute atomic E-state index is 0.134. The molecule has 5 heteroatoms. The third kappa shape index (κ3) is 26.3. The van der Waals surface area contributed by atoms with E-state index in [-0.39, 0.29) is 23.4 Å². The first kappa shape index (κ1) is 43.3. The summed E-state index contributed by atoms with van der Waals surface area (Å²) in [6.45, 7) is 4.51. The number of benzene rings is 1. The highest BCUT2D eigenvalue weighted by Crippen LogP contribution is 2.29. The molecule has 0 amide bonds. The van der Waals surface area contributed by atoms with Gasteiger partial charge in [0.15, 0.2) is 11.5 Å². The lowest BCUT2D eigenvalue weighted by molar-refractivity contribution is -0.137. The zero-order valence-electron chi connectivity index (χ0n) is 31.0. The first-order chi connectivity index (χ1) is 23.6. The summed E-state index contributed by atoms with van der Waals surface area (Å²) in [6, 6.07) is 4.57. The Balaban J connectivity index is 2.17. The van der Waals surface area contributed by atoms with Crippen LogP contribution in [0.4, 0.5) is 0 Å². The Morgan fingerprint density at radius 3 is 1.23 bits per heavy atom. The average Bonchev–Trinajstić information content (AvgIpc) is 3.09. The van der Waals surface area contributed by atoms with Crippen molar-refractivity contribution in [3.63, 3.8) is 0 Å². The number of rotatable bonds is 33. The molecule has 0 unspecified atom stereocenters. The Kier molecular flexibility index (Phi) is 29.6. The van der Waals surface area contributed by atoms with Crippen molar-refractivity contribution >= 4 is 18.2 Å². The molecule has 0 fully saturated rings. The van der Waals surface area contributed by atoms with Crippen LogP contribution in [0.2, 0.25) is 0 Å². The molecule has 1 aromatic carbocycles. The Bertz CT molecular complexity index is 995. The van der Waals surface area contributed by atoms with Crippen molar-refractivity contribution in [3.05, 3.63) is 48.1 Å². The standard InChI is InChI=1S/C43H70O5/c1-3-5-7-9-11-13-15-17-19-21-23-25-27-29-31-33-42(45)47-40-36-35-39(38-44)37-41(40)48-43(46)34-32-30-28-26-24-22-20-18-16-14-12-10-8-6-4-2/h17-20,35-38H,3-16,21-34H2,1-2H3. The van der Waals surface area contributed by atoms with E-state index in [1.54, 1.807) is 6.07 Å². The molecule has 0 aliphatic heterocycles. The van der Waals surface area contributed by atoms with Crippen molar-refractivity contribution in [1.29, 1.82) is 0 Å². The lowest BCUT2D eigenvalue weighted by Crippen LogP contribution is -2.12. The van der Waals surface area contributed by atoms with Crippen LogP contribution in [-0.2, 0) is 9.59 Å². The maximum absolute atomic E-state index is 12.5. The van der Waals surface area contributed by atoms with Gasteiger partial charge in [-0.25, -0.2) is 0 Å². The Labute approximate surface area is 294 Å². The topological polar surface area (TPSA) is 69.7 Å². The Morgan fingerprint density at radius 1 is 0.479 bits per heavy atom. The summed E-state index contributed by atoms with van der Waals surface area (Å²) < 4.78 is 11.1. The van der Waals surface area contributed by atoms with Crippen LogP contribution in [0.15, 0.2) is 42.5 Å². The van der Waals surface area contributed by atoms with Crippen LogP contribution in [0.1, 0.15) is 204 Å². The number of esters is 2. The summed E-state index contributed by atoms with van der Waals surface area (Å²) in [6.07, 6.45) is 41.8. The maximum atomic E-state index is 12.5. The number of allylic oxidation sites excluding steroid dienone is 4. The molecule has 0 saturated carbocycles. The Hall–Kier alpha value is -2.69. The number of ether oxygens (including phenoxy) is 2. The molecule has 0 heterocycles. The number of unbranched alkanes of at least 4 members (excludes halogenated alkanes) is 22. The van der Waals surface area contributed by atoms with Gasteiger partial charge in [-0.15, -0.1) is 0 Å². The molecule has 0 spiro atoms. The van der Waals surface area contributed by atoms with Crippen LogP contribution in [0, 0.1) is 0 Å². The fraction of sp³-hybridized carbons (Fsp3) is 0.698. The Morgan fingerprint density at radius 2 is 0.833 bits per heavy atom. The molecule has 0 bridgehead atoms. The molecular weight excluding hydrogens is 596 g/mol. The monoisotopic (exact) mass is 667 g/mol. The van der Waals surface area contributed by atoms with Crippen LogP contribution >= 0.6 is 0 Å². The minimum Gasteiger partial charge on any atom is -0.423 e. The number of carbonyl (C=O) groups excluding carboxylic acids is 3. The van der Waals surface area contributed by atoms with E-state index in [0.717, 1.165) is 57.8 Å². The molecule has 0 aliphatic carbocycles. The molecule has 0 aromatic heterocycles. The van der Waals surface area contributed by atoms with Crippen LogP contribution in [0.5, 0.6) is 11.5 Å². The van der Waals surface area contributed by atoms with Crippen molar-refractivity contribution in [1.82, 2.24) is 0 Å². The van der Waals surface area contributed by atoms with Gasteiger partial charge in [0.25, 0.3) is 0 Å². The smallest absolute Gasteiger partial charge is 0.311 e. The van der Waals surface area contributed by atoms with Gasteiger partial charge >= 0.3 is 11.9 Å². The van der Waals surface area contributed by atoms with E-state index in [4.69, 9.17) is 9.47 Å². The highest BCUT2D eigenvalue weighted by atomic mass is 16.6. The van der Waals surface area contributed by atoms with E-state index in [1.165, 1.54) is 121 Å². The van der Waals surface area contributed by atoms with Gasteiger partial charge in [0, 0.05) is 18.4 Å². The third-order valence-electron chi connectivity index (χ3n) is 8.84. The van der Waals surface area contributed by atoms with E-state index in [9.17, 15) is 14.4 Å². The van der Waals surface area contributed by atoms with Gasteiger partial charge in [0.1, 0.15) is 6.29 Å². The zero-order valence-corrected chi connectivity index (χ0v) is 31.0. The van der Waals surface area contributed by atoms with Gasteiger partial charge < -0.3 is 9.47 Å². The molecule has 0 saturated heterocycles. The first-order valence-corrected chi connectivity index (χ1v) is 19.9. The van der Waals surface area contributed by atoms with E-state index >= 15 is 0 Å². The molecule has 0 radical (unpaired) electrons. The van der Waals surface area contributed by atoms with Gasteiger partial charge in [0.2, 0.25) is 0 Å². The second kappa shape index (κ2) is 32.8. The van der Waals surface area contributed by atoms with Gasteiger partial charge in [-0.1, -0.05) is 141 Å². The average molecular weight is 667 g/mol. The summed E-state index contributed by atoms with van der Waals surface area (Å²) in [5, 5.41) is 0. The van der Waals surface area contributed by atoms with Crippen molar-refractivity contribution in [2.24, 2.45) is 0 Å². The number of hydrogen-bond acceptors (Lipinski definition) is 5. The second-order valence-electron chi connectivity index (χ2n) is 13.4. The molecule has 1 rings (SSSR count). The quantitative estimate of drug-likeness (QED) is 0.0245. The van der Waals surface area contributed by atoms with E-state index in [1.807, 2.05) is 0 Å². The summed E-state index contributed by atoms with van der Waals surface area (Å²) >= 11 is 0. The lowest BCUT2D eigenvalue weighted by atomic mass is 10.1. The SMILES string of the molecule is CCCCCCCCC=CCCCCCCCC(=O)Oc1ccc(C=O)cc1OC(=O)CCCCCCCC=CCCCCCCCC. The zero-order chi connectivity index (χ0) is 34.8. The van der Waals surface area contributed by atoms with Crippen LogP contribution < -0.4 is 9.47 Å². The van der Waals surface area contributed by atoms with Crippen molar-refractivity contribution in [3.8, 4) is 11.5 Å². The molecule has 0 aliphatic rings. The van der Waals surface area contributed by atoms with E-state index < -0.39 is 0 Å². The van der Waals surface area contributed by atoms with Crippen LogP contribution in [-0.4, -0.2) is 18.2 Å². The largest absolute Gasteiger partial charge is 0.423 e. The molecule has 5 nitrogen and oxygen atoms in total. The summed E-state index contributed by atoms with van der Waals surface area (Å²) in [7, 11) is 0. The van der Waals surface area contributed by atoms with Crippen LogP contribution in [0.3, 0.4) is 0 Å². The van der Waals surface area contributed by atoms with Gasteiger partial charge in [0.05, 0.1) is 0 Å². The minimum atomic E-state index is -0.370. The van der Waals surface area contributed by atoms with Crippen molar-refractivity contribution in [2.75, 3.05) is 0 Å². The highest BCUT2D eigenvalue weighted by Gasteiger charge is 2.15. The summed E-state index contributed by atoms with van der Waals surface area (Å²) in [5.41, 5.74) is 0.371. The molecule has 1 aromatic rings. The van der Waals surface area contributed by atoms with Gasteiger partial charge in [-0.05, 0) is 82.4 Å². The normalized spacial score (nSPS) is 11.5. The second-order valence-corrected chi connectivity index (χ2v) is 13.4. The first-order valence-electron chi connectivity index (χ1n) is 19.9. The number of hydrogen-bond donors (Lipinski definition) is 0. The van der Waals surface area contributed by atoms with Crippen molar-refractivity contribution in [2.45, 2.75) is 194 Å². The van der Waals surface area contributed by atoms with Crippen molar-refractivity contribution < 1.29 is 23.9 Å². The summed E-state index contributed by atoms with van der Waals surface area (Å²) in [5.74, 6) is -0.391. The van der Waals surface area contributed by atoms with E-state index in [2.05, 4.69) is 38.2 Å².